The molecule has 2 heterocycles. The summed E-state index contributed by atoms with van der Waals surface area (Å²) < 4.78 is 40.0. The summed E-state index contributed by atoms with van der Waals surface area (Å²) >= 11 is 0. The Morgan fingerprint density at radius 2 is 1.77 bits per heavy atom. The topological polar surface area (TPSA) is 123 Å². The monoisotopic (exact) mass is 492 g/mol. The first-order chi connectivity index (χ1) is 16.7. The number of nitrogens with one attached hydrogen (secondary N) is 2. The van der Waals surface area contributed by atoms with E-state index in [4.69, 9.17) is 9.15 Å². The number of anilines is 2. The molecule has 0 aliphatic carbocycles. The molecule has 9 nitrogen and oxygen atoms in total. The number of pyridine rings is 1. The van der Waals surface area contributed by atoms with Crippen LogP contribution in [0.1, 0.15) is 27.6 Å². The minimum atomic E-state index is -4.07. The van der Waals surface area contributed by atoms with Crippen molar-refractivity contribution in [1.82, 2.24) is 9.97 Å². The standard InChI is InChI=1S/C25H24N4O5S/c1-15-12-16(2)27-17(3)23(15)29-35(31,32)22-13-19(10-11-20(22)33-4)28-24(30)25-26-14-21(34-25)18-8-6-5-7-9-18/h5-14,29H,1-4H3,(H,28,30). The van der Waals surface area contributed by atoms with E-state index >= 15 is 0 Å². The Morgan fingerprint density at radius 3 is 2.46 bits per heavy atom. The zero-order valence-electron chi connectivity index (χ0n) is 19.6. The molecule has 2 N–H and O–H groups in total. The SMILES string of the molecule is COc1ccc(NC(=O)c2ncc(-c3ccccc3)o2)cc1S(=O)(=O)Nc1c(C)cc(C)nc1C. The van der Waals surface area contributed by atoms with Crippen LogP contribution in [-0.4, -0.2) is 31.4 Å². The van der Waals surface area contributed by atoms with Crippen molar-refractivity contribution < 1.29 is 22.4 Å². The molecule has 0 radical (unpaired) electrons. The van der Waals surface area contributed by atoms with E-state index in [1.54, 1.807) is 19.9 Å². The minimum absolute atomic E-state index is 0.119. The predicted molar refractivity (Wildman–Crippen MR) is 132 cm³/mol. The molecule has 10 heteroatoms. The van der Waals surface area contributed by atoms with E-state index in [1.165, 1.54) is 31.5 Å². The van der Waals surface area contributed by atoms with Gasteiger partial charge >= 0.3 is 5.91 Å². The maximum absolute atomic E-state index is 13.3. The summed E-state index contributed by atoms with van der Waals surface area (Å²) in [5.41, 5.74) is 3.46. The molecule has 0 unspecified atom stereocenters. The van der Waals surface area contributed by atoms with Crippen LogP contribution in [0.5, 0.6) is 5.75 Å². The van der Waals surface area contributed by atoms with E-state index in [0.717, 1.165) is 16.8 Å². The third kappa shape index (κ3) is 5.17. The summed E-state index contributed by atoms with van der Waals surface area (Å²) in [5.74, 6) is -0.217. The second-order valence-corrected chi connectivity index (χ2v) is 9.51. The van der Waals surface area contributed by atoms with E-state index in [1.807, 2.05) is 37.3 Å². The molecule has 4 rings (SSSR count). The van der Waals surface area contributed by atoms with E-state index in [9.17, 15) is 13.2 Å². The Balaban J connectivity index is 1.61. The Kier molecular flexibility index (Phi) is 6.57. The molecule has 2 aromatic carbocycles. The van der Waals surface area contributed by atoms with Gasteiger partial charge < -0.3 is 14.5 Å². The lowest BCUT2D eigenvalue weighted by Gasteiger charge is -2.16. The number of amides is 1. The molecule has 0 fully saturated rings. The van der Waals surface area contributed by atoms with Gasteiger partial charge in [-0.15, -0.1) is 0 Å². The molecule has 1 amide bonds. The van der Waals surface area contributed by atoms with Crippen LogP contribution < -0.4 is 14.8 Å². The smallest absolute Gasteiger partial charge is 0.311 e. The van der Waals surface area contributed by atoms with Crippen molar-refractivity contribution >= 4 is 27.3 Å². The van der Waals surface area contributed by atoms with Crippen molar-refractivity contribution in [1.29, 1.82) is 0 Å². The second kappa shape index (κ2) is 9.59. The highest BCUT2D eigenvalue weighted by atomic mass is 32.2. The van der Waals surface area contributed by atoms with Crippen molar-refractivity contribution in [3.8, 4) is 17.1 Å². The van der Waals surface area contributed by atoms with Crippen molar-refractivity contribution in [2.75, 3.05) is 17.1 Å². The summed E-state index contributed by atoms with van der Waals surface area (Å²) in [6.07, 6.45) is 1.46. The average molecular weight is 493 g/mol. The largest absolute Gasteiger partial charge is 0.495 e. The van der Waals surface area contributed by atoms with Gasteiger partial charge in [0, 0.05) is 16.9 Å². The van der Waals surface area contributed by atoms with Crippen LogP contribution in [0, 0.1) is 20.8 Å². The lowest BCUT2D eigenvalue weighted by atomic mass is 10.2. The Morgan fingerprint density at radius 1 is 1.03 bits per heavy atom. The fourth-order valence-electron chi connectivity index (χ4n) is 3.63. The highest BCUT2D eigenvalue weighted by Crippen LogP contribution is 2.31. The number of hydrogen-bond acceptors (Lipinski definition) is 7. The number of carbonyl (C=O) groups is 1. The zero-order valence-corrected chi connectivity index (χ0v) is 20.4. The number of ether oxygens (including phenoxy) is 1. The highest BCUT2D eigenvalue weighted by Gasteiger charge is 2.23. The Bertz CT molecular complexity index is 1470. The first kappa shape index (κ1) is 24.0. The molecule has 0 aliphatic heterocycles. The van der Waals surface area contributed by atoms with Crippen LogP contribution in [0.25, 0.3) is 11.3 Å². The summed E-state index contributed by atoms with van der Waals surface area (Å²) in [6, 6.07) is 15.3. The summed E-state index contributed by atoms with van der Waals surface area (Å²) in [4.78, 5) is 20.9. The molecule has 0 bridgehead atoms. The second-order valence-electron chi connectivity index (χ2n) is 7.86. The molecule has 35 heavy (non-hydrogen) atoms. The van der Waals surface area contributed by atoms with Crippen molar-refractivity contribution in [2.45, 2.75) is 25.7 Å². The number of sulfonamides is 1. The van der Waals surface area contributed by atoms with Gasteiger partial charge in [-0.3, -0.25) is 14.5 Å². The molecule has 0 saturated heterocycles. The molecule has 0 saturated carbocycles. The number of oxazole rings is 1. The normalized spacial score (nSPS) is 11.2. The molecular weight excluding hydrogens is 468 g/mol. The van der Waals surface area contributed by atoms with Gasteiger partial charge in [0.1, 0.15) is 10.6 Å². The molecule has 0 aliphatic rings. The van der Waals surface area contributed by atoms with E-state index in [0.29, 0.717) is 17.1 Å². The molecule has 0 spiro atoms. The molecule has 4 aromatic rings. The summed E-state index contributed by atoms with van der Waals surface area (Å²) in [6.45, 7) is 5.36. The number of carbonyl (C=O) groups excluding carboxylic acids is 1. The van der Waals surface area contributed by atoms with Gasteiger partial charge in [-0.2, -0.15) is 0 Å². The summed E-state index contributed by atoms with van der Waals surface area (Å²) in [7, 11) is -2.70. The van der Waals surface area contributed by atoms with E-state index in [2.05, 4.69) is 20.0 Å². The van der Waals surface area contributed by atoms with Gasteiger partial charge in [0.05, 0.1) is 24.7 Å². The van der Waals surface area contributed by atoms with Crippen LogP contribution in [0.15, 0.2) is 70.1 Å². The van der Waals surface area contributed by atoms with Crippen LogP contribution in [0.3, 0.4) is 0 Å². The third-order valence-corrected chi connectivity index (χ3v) is 6.60. The zero-order chi connectivity index (χ0) is 25.2. The first-order valence-electron chi connectivity index (χ1n) is 10.7. The highest BCUT2D eigenvalue weighted by molar-refractivity contribution is 7.92. The first-order valence-corrected chi connectivity index (χ1v) is 12.1. The Hall–Kier alpha value is -4.18. The fourth-order valence-corrected chi connectivity index (χ4v) is 5.02. The molecule has 180 valence electrons. The predicted octanol–water partition coefficient (Wildman–Crippen LogP) is 4.72. The Labute approximate surface area is 203 Å². The van der Waals surface area contributed by atoms with Crippen LogP contribution >= 0.6 is 0 Å². The summed E-state index contributed by atoms with van der Waals surface area (Å²) in [5, 5.41) is 2.63. The third-order valence-electron chi connectivity index (χ3n) is 5.23. The van der Waals surface area contributed by atoms with Gasteiger partial charge in [0.15, 0.2) is 5.76 Å². The quantitative estimate of drug-likeness (QED) is 0.382. The van der Waals surface area contributed by atoms with Gasteiger partial charge in [0.25, 0.3) is 15.9 Å². The molecular formula is C25H24N4O5S. The van der Waals surface area contributed by atoms with E-state index in [-0.39, 0.29) is 22.2 Å². The maximum Gasteiger partial charge on any atom is 0.311 e. The average Bonchev–Trinajstić information content (AvgIpc) is 3.33. The van der Waals surface area contributed by atoms with Gasteiger partial charge in [0.2, 0.25) is 0 Å². The van der Waals surface area contributed by atoms with Crippen LogP contribution in [-0.2, 0) is 10.0 Å². The number of aryl methyl sites for hydroxylation is 3. The fraction of sp³-hybridized carbons (Fsp3) is 0.160. The minimum Gasteiger partial charge on any atom is -0.495 e. The lowest BCUT2D eigenvalue weighted by molar-refractivity contribution is 0.0991. The van der Waals surface area contributed by atoms with E-state index < -0.39 is 15.9 Å². The van der Waals surface area contributed by atoms with Crippen LogP contribution in [0.4, 0.5) is 11.4 Å². The number of nitrogens with zero attached hydrogens (tertiary/aromatic N) is 2. The number of aromatic nitrogens is 2. The van der Waals surface area contributed by atoms with Gasteiger partial charge in [-0.1, -0.05) is 30.3 Å². The molecule has 2 aromatic heterocycles. The number of rotatable bonds is 7. The van der Waals surface area contributed by atoms with Gasteiger partial charge in [-0.25, -0.2) is 13.4 Å². The van der Waals surface area contributed by atoms with Crippen molar-refractivity contribution in [3.05, 3.63) is 83.6 Å². The van der Waals surface area contributed by atoms with Crippen molar-refractivity contribution in [2.24, 2.45) is 0 Å². The van der Waals surface area contributed by atoms with Gasteiger partial charge in [-0.05, 0) is 50.6 Å². The number of methoxy groups -OCH3 is 1. The number of hydrogen-bond donors (Lipinski definition) is 2. The van der Waals surface area contributed by atoms with Crippen molar-refractivity contribution in [3.63, 3.8) is 0 Å². The van der Waals surface area contributed by atoms with Crippen LogP contribution in [0.2, 0.25) is 0 Å². The number of benzene rings is 2. The maximum atomic E-state index is 13.3. The lowest BCUT2D eigenvalue weighted by Crippen LogP contribution is -2.17. The molecule has 0 atom stereocenters.